The normalized spacial score (nSPS) is 10.3. The molecule has 0 heterocycles. The van der Waals surface area contributed by atoms with E-state index in [0.717, 1.165) is 11.5 Å². The predicted octanol–water partition coefficient (Wildman–Crippen LogP) is 1.75. The van der Waals surface area contributed by atoms with E-state index in [9.17, 15) is 0 Å². The summed E-state index contributed by atoms with van der Waals surface area (Å²) in [6.07, 6.45) is 0. The van der Waals surface area contributed by atoms with Gasteiger partial charge in [0.05, 0.1) is 0 Å². The van der Waals surface area contributed by atoms with Crippen molar-refractivity contribution in [1.29, 1.82) is 5.41 Å². The molecule has 0 unspecified atom stereocenters. The Balaban J connectivity index is 2.98. The first-order valence-electron chi connectivity index (χ1n) is 3.21. The van der Waals surface area contributed by atoms with Crippen molar-refractivity contribution < 1.29 is 0 Å². The van der Waals surface area contributed by atoms with Crippen molar-refractivity contribution >= 4 is 28.7 Å². The predicted molar refractivity (Wildman–Crippen MR) is 52.0 cm³/mol. The zero-order valence-corrected chi connectivity index (χ0v) is 8.02. The molecular weight excluding hydrogens is 164 g/mol. The number of amidine groups is 1. The Morgan fingerprint density at radius 3 is 2.50 bits per heavy atom. The largest absolute Gasteiger partial charge is 0.379 e. The van der Waals surface area contributed by atoms with Gasteiger partial charge in [0.25, 0.3) is 0 Å². The van der Waals surface area contributed by atoms with Crippen LogP contribution in [0.1, 0.15) is 13.8 Å². The van der Waals surface area contributed by atoms with E-state index in [0.29, 0.717) is 5.25 Å². The third-order valence-corrected chi connectivity index (χ3v) is 2.88. The molecule has 0 aliphatic heterocycles. The van der Waals surface area contributed by atoms with Crippen LogP contribution in [0.3, 0.4) is 0 Å². The van der Waals surface area contributed by atoms with Crippen LogP contribution in [0.25, 0.3) is 0 Å². The fourth-order valence-electron chi connectivity index (χ4n) is 0.435. The summed E-state index contributed by atoms with van der Waals surface area (Å²) in [7, 11) is 0. The van der Waals surface area contributed by atoms with Crippen molar-refractivity contribution in [3.63, 3.8) is 0 Å². The van der Waals surface area contributed by atoms with Crippen LogP contribution in [0.2, 0.25) is 0 Å². The number of hydrogen-bond donors (Lipinski definition) is 2. The average Bonchev–Trinajstić information content (AvgIpc) is 1.79. The Kier molecular flexibility index (Phi) is 6.02. The van der Waals surface area contributed by atoms with Crippen LogP contribution in [0.4, 0.5) is 0 Å². The quantitative estimate of drug-likeness (QED) is 0.392. The molecule has 10 heavy (non-hydrogen) atoms. The van der Waals surface area contributed by atoms with Crippen molar-refractivity contribution in [3.05, 3.63) is 0 Å². The fraction of sp³-hybridized carbons (Fsp3) is 0.833. The Morgan fingerprint density at radius 1 is 1.50 bits per heavy atom. The standard InChI is InChI=1S/C6H14N2S2/c1-5(2)9-3-4-10-6(7)8/h5H,3-4H2,1-2H3,(H3,7,8). The summed E-state index contributed by atoms with van der Waals surface area (Å²) in [6, 6.07) is 0. The van der Waals surface area contributed by atoms with Crippen LogP contribution in [0, 0.1) is 5.41 Å². The lowest BCUT2D eigenvalue weighted by Gasteiger charge is -2.02. The summed E-state index contributed by atoms with van der Waals surface area (Å²) in [5.74, 6) is 2.04. The molecule has 0 aromatic rings. The van der Waals surface area contributed by atoms with Gasteiger partial charge in [0.1, 0.15) is 0 Å². The van der Waals surface area contributed by atoms with Gasteiger partial charge in [-0.05, 0) is 5.25 Å². The minimum Gasteiger partial charge on any atom is -0.379 e. The zero-order chi connectivity index (χ0) is 7.98. The lowest BCUT2D eigenvalue weighted by Crippen LogP contribution is -2.05. The van der Waals surface area contributed by atoms with Crippen LogP contribution in [0.15, 0.2) is 0 Å². The molecule has 3 N–H and O–H groups in total. The lowest BCUT2D eigenvalue weighted by molar-refractivity contribution is 1.11. The van der Waals surface area contributed by atoms with Gasteiger partial charge in [0, 0.05) is 11.5 Å². The molecule has 60 valence electrons. The summed E-state index contributed by atoms with van der Waals surface area (Å²) >= 11 is 3.31. The fourth-order valence-corrected chi connectivity index (χ4v) is 1.84. The highest BCUT2D eigenvalue weighted by atomic mass is 32.2. The van der Waals surface area contributed by atoms with Crippen molar-refractivity contribution in [3.8, 4) is 0 Å². The van der Waals surface area contributed by atoms with E-state index in [1.54, 1.807) is 0 Å². The first kappa shape index (κ1) is 10.2. The summed E-state index contributed by atoms with van der Waals surface area (Å²) in [5, 5.41) is 7.83. The maximum absolute atomic E-state index is 6.91. The SMILES string of the molecule is CC(C)SCCSC(=N)N. The van der Waals surface area contributed by atoms with Crippen LogP contribution >= 0.6 is 23.5 Å². The van der Waals surface area contributed by atoms with E-state index in [-0.39, 0.29) is 5.17 Å². The van der Waals surface area contributed by atoms with Gasteiger partial charge in [-0.3, -0.25) is 5.41 Å². The van der Waals surface area contributed by atoms with E-state index in [1.807, 2.05) is 11.8 Å². The molecule has 0 aromatic heterocycles. The van der Waals surface area contributed by atoms with E-state index < -0.39 is 0 Å². The van der Waals surface area contributed by atoms with Gasteiger partial charge in [0.2, 0.25) is 0 Å². The first-order valence-corrected chi connectivity index (χ1v) is 5.24. The summed E-state index contributed by atoms with van der Waals surface area (Å²) in [4.78, 5) is 0. The maximum atomic E-state index is 6.91. The number of hydrogen-bond acceptors (Lipinski definition) is 3. The van der Waals surface area contributed by atoms with Crippen molar-refractivity contribution in [2.75, 3.05) is 11.5 Å². The zero-order valence-electron chi connectivity index (χ0n) is 6.39. The van der Waals surface area contributed by atoms with Gasteiger partial charge in [-0.15, -0.1) is 0 Å². The molecule has 0 bridgehead atoms. The number of nitrogens with one attached hydrogen (secondary N) is 1. The highest BCUT2D eigenvalue weighted by Crippen LogP contribution is 2.11. The second kappa shape index (κ2) is 5.92. The van der Waals surface area contributed by atoms with Gasteiger partial charge >= 0.3 is 0 Å². The molecule has 0 saturated heterocycles. The maximum Gasteiger partial charge on any atom is 0.151 e. The molecule has 0 aliphatic rings. The van der Waals surface area contributed by atoms with E-state index >= 15 is 0 Å². The monoisotopic (exact) mass is 178 g/mol. The highest BCUT2D eigenvalue weighted by molar-refractivity contribution is 8.14. The lowest BCUT2D eigenvalue weighted by atomic mass is 10.6. The smallest absolute Gasteiger partial charge is 0.151 e. The van der Waals surface area contributed by atoms with E-state index in [2.05, 4.69) is 13.8 Å². The van der Waals surface area contributed by atoms with Crippen molar-refractivity contribution in [2.24, 2.45) is 5.73 Å². The number of nitrogens with two attached hydrogens (primary N) is 1. The molecule has 4 heteroatoms. The summed E-state index contributed by atoms with van der Waals surface area (Å²) < 4.78 is 0. The Hall–Kier alpha value is 0.170. The van der Waals surface area contributed by atoms with Gasteiger partial charge in [-0.25, -0.2) is 0 Å². The summed E-state index contributed by atoms with van der Waals surface area (Å²) in [6.45, 7) is 4.34. The van der Waals surface area contributed by atoms with Crippen LogP contribution in [-0.2, 0) is 0 Å². The number of thioether (sulfide) groups is 2. The molecule has 0 atom stereocenters. The van der Waals surface area contributed by atoms with Crippen molar-refractivity contribution in [2.45, 2.75) is 19.1 Å². The Morgan fingerprint density at radius 2 is 2.10 bits per heavy atom. The van der Waals surface area contributed by atoms with Crippen LogP contribution in [0.5, 0.6) is 0 Å². The second-order valence-electron chi connectivity index (χ2n) is 2.13. The molecule has 0 saturated carbocycles. The molecule has 0 amide bonds. The van der Waals surface area contributed by atoms with Crippen LogP contribution < -0.4 is 5.73 Å². The third-order valence-electron chi connectivity index (χ3n) is 0.792. The minimum atomic E-state index is 0.226. The summed E-state index contributed by atoms with van der Waals surface area (Å²) in [5.41, 5.74) is 5.15. The molecule has 2 nitrogen and oxygen atoms in total. The van der Waals surface area contributed by atoms with Gasteiger partial charge in [0.15, 0.2) is 5.17 Å². The molecular formula is C6H14N2S2. The topological polar surface area (TPSA) is 49.9 Å². The average molecular weight is 178 g/mol. The van der Waals surface area contributed by atoms with Gasteiger partial charge < -0.3 is 5.73 Å². The molecule has 0 spiro atoms. The first-order chi connectivity index (χ1) is 4.63. The van der Waals surface area contributed by atoms with Gasteiger partial charge in [-0.2, -0.15) is 11.8 Å². The minimum absolute atomic E-state index is 0.226. The van der Waals surface area contributed by atoms with Crippen LogP contribution in [-0.4, -0.2) is 21.9 Å². The Labute approximate surface area is 70.8 Å². The molecule has 0 aliphatic carbocycles. The third kappa shape index (κ3) is 8.17. The van der Waals surface area contributed by atoms with E-state index in [4.69, 9.17) is 11.1 Å². The molecule has 0 aromatic carbocycles. The molecule has 0 rings (SSSR count). The van der Waals surface area contributed by atoms with Crippen molar-refractivity contribution in [1.82, 2.24) is 0 Å². The second-order valence-corrected chi connectivity index (χ2v) is 4.95. The van der Waals surface area contributed by atoms with Gasteiger partial charge in [-0.1, -0.05) is 25.6 Å². The molecule has 0 fully saturated rings. The van der Waals surface area contributed by atoms with E-state index in [1.165, 1.54) is 11.8 Å². The molecule has 0 radical (unpaired) electrons. The highest BCUT2D eigenvalue weighted by Gasteiger charge is 1.94. The Bertz CT molecular complexity index is 104. The number of rotatable bonds is 4.